The Kier molecular flexibility index (Phi) is 6.47. The molecule has 1 atom stereocenters. The molecule has 2 rings (SSSR count). The molecule has 1 N–H and O–H groups in total. The molecule has 2 aliphatic heterocycles. The maximum atomic E-state index is 11.7. The number of piperidine rings is 2. The summed E-state index contributed by atoms with van der Waals surface area (Å²) in [6.45, 7) is 8.08. The normalized spacial score (nSPS) is 26.3. The van der Waals surface area contributed by atoms with E-state index in [9.17, 15) is 8.42 Å². The van der Waals surface area contributed by atoms with E-state index in [1.165, 1.54) is 25.5 Å². The van der Waals surface area contributed by atoms with E-state index in [-0.39, 0.29) is 0 Å². The maximum Gasteiger partial charge on any atom is 0.211 e. The highest BCUT2D eigenvalue weighted by atomic mass is 32.2. The van der Waals surface area contributed by atoms with E-state index in [2.05, 4.69) is 17.1 Å². The first-order valence-electron chi connectivity index (χ1n) is 8.40. The summed E-state index contributed by atoms with van der Waals surface area (Å²) >= 11 is 0. The number of sulfonamides is 1. The molecule has 6 heteroatoms. The van der Waals surface area contributed by atoms with E-state index >= 15 is 0 Å². The van der Waals surface area contributed by atoms with Crippen molar-refractivity contribution in [2.24, 2.45) is 5.92 Å². The van der Waals surface area contributed by atoms with Gasteiger partial charge in [-0.05, 0) is 57.7 Å². The van der Waals surface area contributed by atoms with Crippen LogP contribution in [0.5, 0.6) is 0 Å². The molecular weight excluding hydrogens is 286 g/mol. The van der Waals surface area contributed by atoms with Crippen LogP contribution in [0.1, 0.15) is 39.0 Å². The highest BCUT2D eigenvalue weighted by Gasteiger charge is 2.29. The standard InChI is InChI=1S/C15H31N3O2S/c1-3-10-17(15-6-8-16-9-7-15)12-14-5-4-11-18(13-14)21(2,19)20/h14-16H,3-13H2,1-2H3. The van der Waals surface area contributed by atoms with Crippen molar-refractivity contribution in [1.29, 1.82) is 0 Å². The van der Waals surface area contributed by atoms with Crippen molar-refractivity contribution in [2.75, 3.05) is 45.5 Å². The van der Waals surface area contributed by atoms with Crippen molar-refractivity contribution < 1.29 is 8.42 Å². The lowest BCUT2D eigenvalue weighted by Gasteiger charge is -2.39. The van der Waals surface area contributed by atoms with Gasteiger partial charge in [0, 0.05) is 25.7 Å². The smallest absolute Gasteiger partial charge is 0.211 e. The first-order chi connectivity index (χ1) is 10.0. The molecular formula is C15H31N3O2S. The van der Waals surface area contributed by atoms with Gasteiger partial charge in [-0.3, -0.25) is 4.90 Å². The second-order valence-corrected chi connectivity index (χ2v) is 8.59. The number of hydrogen-bond acceptors (Lipinski definition) is 4. The number of rotatable bonds is 6. The highest BCUT2D eigenvalue weighted by Crippen LogP contribution is 2.22. The van der Waals surface area contributed by atoms with E-state index in [0.29, 0.717) is 25.0 Å². The molecule has 0 bridgehead atoms. The van der Waals surface area contributed by atoms with Gasteiger partial charge in [-0.2, -0.15) is 0 Å². The van der Waals surface area contributed by atoms with Gasteiger partial charge in [0.05, 0.1) is 6.26 Å². The van der Waals surface area contributed by atoms with Crippen LogP contribution in [0.15, 0.2) is 0 Å². The molecule has 2 saturated heterocycles. The van der Waals surface area contributed by atoms with Crippen LogP contribution in [0.4, 0.5) is 0 Å². The summed E-state index contributed by atoms with van der Waals surface area (Å²) in [4.78, 5) is 2.62. The fourth-order valence-electron chi connectivity index (χ4n) is 3.69. The van der Waals surface area contributed by atoms with Crippen LogP contribution >= 0.6 is 0 Å². The molecule has 1 unspecified atom stereocenters. The van der Waals surface area contributed by atoms with Gasteiger partial charge in [0.1, 0.15) is 0 Å². The van der Waals surface area contributed by atoms with Gasteiger partial charge in [-0.25, -0.2) is 12.7 Å². The molecule has 0 radical (unpaired) electrons. The molecule has 2 heterocycles. The minimum Gasteiger partial charge on any atom is -0.317 e. The van der Waals surface area contributed by atoms with Gasteiger partial charge in [0.15, 0.2) is 0 Å². The summed E-state index contributed by atoms with van der Waals surface area (Å²) in [5.74, 6) is 0.495. The Balaban J connectivity index is 1.92. The fraction of sp³-hybridized carbons (Fsp3) is 1.00. The fourth-order valence-corrected chi connectivity index (χ4v) is 4.63. The average molecular weight is 317 g/mol. The molecule has 124 valence electrons. The van der Waals surface area contributed by atoms with Gasteiger partial charge in [0.25, 0.3) is 0 Å². The molecule has 21 heavy (non-hydrogen) atoms. The summed E-state index contributed by atoms with van der Waals surface area (Å²) < 4.78 is 25.2. The van der Waals surface area contributed by atoms with Gasteiger partial charge >= 0.3 is 0 Å². The third-order valence-corrected chi connectivity index (χ3v) is 6.05. The van der Waals surface area contributed by atoms with Crippen molar-refractivity contribution in [3.05, 3.63) is 0 Å². The van der Waals surface area contributed by atoms with Crippen LogP contribution in [-0.4, -0.2) is 69.2 Å². The highest BCUT2D eigenvalue weighted by molar-refractivity contribution is 7.88. The summed E-state index contributed by atoms with van der Waals surface area (Å²) in [6, 6.07) is 0.680. The minimum absolute atomic E-state index is 0.495. The molecule has 0 aromatic rings. The van der Waals surface area contributed by atoms with Crippen molar-refractivity contribution in [3.8, 4) is 0 Å². The Morgan fingerprint density at radius 1 is 1.24 bits per heavy atom. The molecule has 0 spiro atoms. The minimum atomic E-state index is -3.03. The average Bonchev–Trinajstić information content (AvgIpc) is 2.47. The summed E-state index contributed by atoms with van der Waals surface area (Å²) in [5.41, 5.74) is 0. The predicted molar refractivity (Wildman–Crippen MR) is 86.9 cm³/mol. The molecule has 0 saturated carbocycles. The first kappa shape index (κ1) is 17.2. The van der Waals surface area contributed by atoms with Crippen molar-refractivity contribution >= 4 is 10.0 Å². The Morgan fingerprint density at radius 2 is 1.95 bits per heavy atom. The Hall–Kier alpha value is -0.170. The SMILES string of the molecule is CCCN(CC1CCCN(S(C)(=O)=O)C1)C1CCNCC1. The van der Waals surface area contributed by atoms with Crippen molar-refractivity contribution in [3.63, 3.8) is 0 Å². The lowest BCUT2D eigenvalue weighted by atomic mass is 9.96. The van der Waals surface area contributed by atoms with Crippen LogP contribution in [0.3, 0.4) is 0 Å². The quantitative estimate of drug-likeness (QED) is 0.798. The Morgan fingerprint density at radius 3 is 2.57 bits per heavy atom. The second-order valence-electron chi connectivity index (χ2n) is 6.61. The summed E-state index contributed by atoms with van der Waals surface area (Å²) in [7, 11) is -3.03. The largest absolute Gasteiger partial charge is 0.317 e. The maximum absolute atomic E-state index is 11.7. The zero-order valence-corrected chi connectivity index (χ0v) is 14.4. The lowest BCUT2D eigenvalue weighted by Crippen LogP contribution is -2.48. The third kappa shape index (κ3) is 5.20. The first-order valence-corrected chi connectivity index (χ1v) is 10.3. The lowest BCUT2D eigenvalue weighted by molar-refractivity contribution is 0.117. The molecule has 0 aromatic carbocycles. The van der Waals surface area contributed by atoms with Gasteiger partial charge < -0.3 is 5.32 Å². The van der Waals surface area contributed by atoms with Crippen molar-refractivity contribution in [2.45, 2.75) is 45.1 Å². The number of nitrogens with zero attached hydrogens (tertiary/aromatic N) is 2. The molecule has 2 fully saturated rings. The van der Waals surface area contributed by atoms with Gasteiger partial charge in [-0.15, -0.1) is 0 Å². The van der Waals surface area contributed by atoms with E-state index in [0.717, 1.165) is 39.0 Å². The summed E-state index contributed by atoms with van der Waals surface area (Å²) in [6.07, 6.45) is 7.13. The zero-order valence-electron chi connectivity index (χ0n) is 13.6. The number of nitrogens with one attached hydrogen (secondary N) is 1. The van der Waals surface area contributed by atoms with E-state index in [1.807, 2.05) is 0 Å². The van der Waals surface area contributed by atoms with Gasteiger partial charge in [0.2, 0.25) is 10.0 Å². The molecule has 0 aromatic heterocycles. The molecule has 2 aliphatic rings. The van der Waals surface area contributed by atoms with Crippen molar-refractivity contribution in [1.82, 2.24) is 14.5 Å². The van der Waals surface area contributed by atoms with E-state index in [4.69, 9.17) is 0 Å². The van der Waals surface area contributed by atoms with Crippen LogP contribution < -0.4 is 5.32 Å². The second kappa shape index (κ2) is 7.90. The Labute approximate surface area is 130 Å². The topological polar surface area (TPSA) is 52.7 Å². The molecule has 0 aliphatic carbocycles. The molecule has 5 nitrogen and oxygen atoms in total. The third-order valence-electron chi connectivity index (χ3n) is 4.78. The van der Waals surface area contributed by atoms with Gasteiger partial charge in [-0.1, -0.05) is 6.92 Å². The number of hydrogen-bond donors (Lipinski definition) is 1. The Bertz CT molecular complexity index is 407. The van der Waals surface area contributed by atoms with E-state index < -0.39 is 10.0 Å². The van der Waals surface area contributed by atoms with Crippen LogP contribution in [-0.2, 0) is 10.0 Å². The van der Waals surface area contributed by atoms with Crippen LogP contribution in [0, 0.1) is 5.92 Å². The summed E-state index contributed by atoms with van der Waals surface area (Å²) in [5, 5.41) is 3.43. The van der Waals surface area contributed by atoms with Crippen LogP contribution in [0.25, 0.3) is 0 Å². The zero-order chi connectivity index (χ0) is 15.3. The van der Waals surface area contributed by atoms with Crippen LogP contribution in [0.2, 0.25) is 0 Å². The molecule has 0 amide bonds. The van der Waals surface area contributed by atoms with E-state index in [1.54, 1.807) is 4.31 Å². The predicted octanol–water partition coefficient (Wildman–Crippen LogP) is 1.12. The monoisotopic (exact) mass is 317 g/mol.